The highest BCUT2D eigenvalue weighted by molar-refractivity contribution is 6.08. The number of aryl methyl sites for hydroxylation is 2. The molecular weight excluding hydrogens is 397 g/mol. The van der Waals surface area contributed by atoms with Gasteiger partial charge in [-0.3, -0.25) is 9.69 Å². The van der Waals surface area contributed by atoms with E-state index in [0.29, 0.717) is 12.1 Å². The molecule has 2 atom stereocenters. The molecule has 0 aromatic heterocycles. The van der Waals surface area contributed by atoms with E-state index in [2.05, 4.69) is 36.9 Å². The zero-order valence-corrected chi connectivity index (χ0v) is 17.7. The topological polar surface area (TPSA) is 59.5 Å². The van der Waals surface area contributed by atoms with Crippen molar-refractivity contribution >= 4 is 23.6 Å². The highest BCUT2D eigenvalue weighted by Crippen LogP contribution is 2.34. The second kappa shape index (κ2) is 7.08. The second-order valence-corrected chi connectivity index (χ2v) is 8.35. The molecule has 31 heavy (non-hydrogen) atoms. The first-order valence-corrected chi connectivity index (χ1v) is 10.4. The normalized spacial score (nSPS) is 22.8. The van der Waals surface area contributed by atoms with E-state index >= 15 is 0 Å². The van der Waals surface area contributed by atoms with E-state index in [-0.39, 0.29) is 24.3 Å². The second-order valence-electron chi connectivity index (χ2n) is 8.35. The Labute approximate surface area is 180 Å². The Hall–Kier alpha value is -3.42. The van der Waals surface area contributed by atoms with Crippen LogP contribution in [0.5, 0.6) is 0 Å². The third kappa shape index (κ3) is 3.05. The summed E-state index contributed by atoms with van der Waals surface area (Å²) in [4.78, 5) is 38.0. The standard InChI is InChI=1S/C23H24FN5O2/c1-14-4-9-18(12-15(14)2)27-10-11-28-19-20(25-22(27)28)26(3)23(31)29(21(19)30)13-16-5-7-17(24)8-6-16/h4-9,12,19-20H,10-11,13H2,1-3H3. The molecule has 160 valence electrons. The van der Waals surface area contributed by atoms with E-state index in [9.17, 15) is 14.0 Å². The fourth-order valence-corrected chi connectivity index (χ4v) is 4.49. The fourth-order valence-electron chi connectivity index (χ4n) is 4.49. The lowest BCUT2D eigenvalue weighted by atomic mass is 10.1. The summed E-state index contributed by atoms with van der Waals surface area (Å²) >= 11 is 0. The Morgan fingerprint density at radius 1 is 1.03 bits per heavy atom. The van der Waals surface area contributed by atoms with Gasteiger partial charge in [0.05, 0.1) is 6.54 Å². The van der Waals surface area contributed by atoms with Crippen LogP contribution in [0.1, 0.15) is 16.7 Å². The van der Waals surface area contributed by atoms with Gasteiger partial charge in [-0.1, -0.05) is 18.2 Å². The summed E-state index contributed by atoms with van der Waals surface area (Å²) in [6, 6.07) is 11.2. The van der Waals surface area contributed by atoms with Crippen molar-refractivity contribution in [2.45, 2.75) is 32.6 Å². The predicted molar refractivity (Wildman–Crippen MR) is 115 cm³/mol. The van der Waals surface area contributed by atoms with E-state index in [0.717, 1.165) is 18.2 Å². The van der Waals surface area contributed by atoms with Crippen LogP contribution in [0.25, 0.3) is 0 Å². The molecule has 0 saturated carbocycles. The molecule has 2 saturated heterocycles. The van der Waals surface area contributed by atoms with Gasteiger partial charge in [0, 0.05) is 25.8 Å². The number of halogens is 1. The van der Waals surface area contributed by atoms with Gasteiger partial charge in [0.25, 0.3) is 5.91 Å². The van der Waals surface area contributed by atoms with Crippen molar-refractivity contribution < 1.29 is 14.0 Å². The number of nitrogens with zero attached hydrogens (tertiary/aromatic N) is 5. The highest BCUT2D eigenvalue weighted by atomic mass is 19.1. The Morgan fingerprint density at radius 3 is 2.48 bits per heavy atom. The van der Waals surface area contributed by atoms with Crippen molar-refractivity contribution in [2.75, 3.05) is 25.0 Å². The number of benzene rings is 2. The number of fused-ring (bicyclic) bond motifs is 3. The zero-order valence-electron chi connectivity index (χ0n) is 17.7. The summed E-state index contributed by atoms with van der Waals surface area (Å²) < 4.78 is 13.2. The van der Waals surface area contributed by atoms with E-state index < -0.39 is 12.2 Å². The number of carbonyl (C=O) groups excluding carboxylic acids is 2. The van der Waals surface area contributed by atoms with Crippen molar-refractivity contribution in [3.05, 3.63) is 65.0 Å². The van der Waals surface area contributed by atoms with E-state index in [4.69, 9.17) is 4.99 Å². The number of amides is 3. The third-order valence-electron chi connectivity index (χ3n) is 6.43. The molecular formula is C23H24FN5O2. The molecule has 7 nitrogen and oxygen atoms in total. The van der Waals surface area contributed by atoms with Gasteiger partial charge in [0.15, 0.2) is 12.2 Å². The highest BCUT2D eigenvalue weighted by Gasteiger charge is 2.54. The minimum atomic E-state index is -0.547. The minimum absolute atomic E-state index is 0.107. The Kier molecular flexibility index (Phi) is 4.46. The molecule has 5 rings (SSSR count). The maximum Gasteiger partial charge on any atom is 0.328 e. The third-order valence-corrected chi connectivity index (χ3v) is 6.43. The lowest BCUT2D eigenvalue weighted by Gasteiger charge is -2.40. The molecule has 2 aromatic rings. The number of guanidine groups is 1. The molecule has 3 aliphatic rings. The number of hydrogen-bond donors (Lipinski definition) is 0. The van der Waals surface area contributed by atoms with Gasteiger partial charge < -0.3 is 14.7 Å². The Bertz CT molecular complexity index is 1100. The number of urea groups is 1. The number of carbonyl (C=O) groups is 2. The average molecular weight is 421 g/mol. The Morgan fingerprint density at radius 2 is 1.77 bits per heavy atom. The van der Waals surface area contributed by atoms with Crippen LogP contribution >= 0.6 is 0 Å². The molecule has 0 aliphatic carbocycles. The van der Waals surface area contributed by atoms with Crippen molar-refractivity contribution in [1.29, 1.82) is 0 Å². The van der Waals surface area contributed by atoms with Crippen LogP contribution in [0.2, 0.25) is 0 Å². The largest absolute Gasteiger partial charge is 0.328 e. The maximum absolute atomic E-state index is 13.4. The summed E-state index contributed by atoms with van der Waals surface area (Å²) in [7, 11) is 1.68. The average Bonchev–Trinajstić information content (AvgIpc) is 3.32. The summed E-state index contributed by atoms with van der Waals surface area (Å²) in [6.45, 7) is 5.65. The van der Waals surface area contributed by atoms with E-state index in [1.807, 2.05) is 4.90 Å². The zero-order chi connectivity index (χ0) is 21.9. The van der Waals surface area contributed by atoms with Crippen LogP contribution in [-0.2, 0) is 11.3 Å². The van der Waals surface area contributed by atoms with Crippen LogP contribution in [0.4, 0.5) is 14.9 Å². The smallest absolute Gasteiger partial charge is 0.325 e. The Balaban J connectivity index is 1.43. The van der Waals surface area contributed by atoms with Gasteiger partial charge in [-0.25, -0.2) is 14.2 Å². The van der Waals surface area contributed by atoms with Gasteiger partial charge in [-0.05, 0) is 54.8 Å². The first-order chi connectivity index (χ1) is 14.8. The molecule has 2 fully saturated rings. The van der Waals surface area contributed by atoms with Gasteiger partial charge >= 0.3 is 6.03 Å². The van der Waals surface area contributed by atoms with Gasteiger partial charge in [-0.15, -0.1) is 0 Å². The quantitative estimate of drug-likeness (QED) is 0.765. The van der Waals surface area contributed by atoms with Gasteiger partial charge in [-0.2, -0.15) is 0 Å². The molecule has 2 aromatic carbocycles. The molecule has 0 spiro atoms. The summed E-state index contributed by atoms with van der Waals surface area (Å²) in [5.74, 6) is 0.113. The number of anilines is 1. The van der Waals surface area contributed by atoms with Crippen LogP contribution < -0.4 is 4.90 Å². The van der Waals surface area contributed by atoms with Gasteiger partial charge in [0.1, 0.15) is 5.82 Å². The predicted octanol–water partition coefficient (Wildman–Crippen LogP) is 2.72. The molecule has 0 N–H and O–H groups in total. The first kappa shape index (κ1) is 19.5. The molecule has 0 bridgehead atoms. The maximum atomic E-state index is 13.4. The van der Waals surface area contributed by atoms with Crippen LogP contribution in [0.3, 0.4) is 0 Å². The lowest BCUT2D eigenvalue weighted by Crippen LogP contribution is -2.64. The minimum Gasteiger partial charge on any atom is -0.325 e. The fraction of sp³-hybridized carbons (Fsp3) is 0.348. The van der Waals surface area contributed by atoms with Crippen molar-refractivity contribution in [1.82, 2.24) is 14.7 Å². The van der Waals surface area contributed by atoms with Crippen molar-refractivity contribution in [2.24, 2.45) is 4.99 Å². The van der Waals surface area contributed by atoms with E-state index in [1.54, 1.807) is 19.2 Å². The molecule has 8 heteroatoms. The monoisotopic (exact) mass is 421 g/mol. The van der Waals surface area contributed by atoms with Crippen LogP contribution in [0, 0.1) is 19.7 Å². The SMILES string of the molecule is Cc1ccc(N2CCN3C2=NC2C3C(=O)N(Cc3ccc(F)cc3)C(=O)N2C)cc1C. The van der Waals surface area contributed by atoms with Crippen LogP contribution in [0.15, 0.2) is 47.5 Å². The summed E-state index contributed by atoms with van der Waals surface area (Å²) in [5, 5.41) is 0. The number of hydrogen-bond acceptors (Lipinski definition) is 5. The number of likely N-dealkylation sites (N-methyl/N-ethyl adjacent to an activating group) is 1. The van der Waals surface area contributed by atoms with Crippen LogP contribution in [-0.4, -0.2) is 64.9 Å². The lowest BCUT2D eigenvalue weighted by molar-refractivity contribution is -0.137. The molecule has 3 aliphatic heterocycles. The molecule has 3 amide bonds. The van der Waals surface area contributed by atoms with E-state index in [1.165, 1.54) is 33.1 Å². The molecule has 0 radical (unpaired) electrons. The molecule has 3 heterocycles. The molecule has 2 unspecified atom stereocenters. The van der Waals surface area contributed by atoms with Gasteiger partial charge in [0.2, 0.25) is 5.96 Å². The number of aliphatic imine (C=N–C) groups is 1. The number of rotatable bonds is 3. The summed E-state index contributed by atoms with van der Waals surface area (Å²) in [5.41, 5.74) is 4.15. The van der Waals surface area contributed by atoms with Crippen molar-refractivity contribution in [3.8, 4) is 0 Å². The van der Waals surface area contributed by atoms with Crippen molar-refractivity contribution in [3.63, 3.8) is 0 Å². The summed E-state index contributed by atoms with van der Waals surface area (Å²) in [6.07, 6.45) is -0.547. The number of imide groups is 1. The first-order valence-electron chi connectivity index (χ1n) is 10.4.